The van der Waals surface area contributed by atoms with Crippen molar-refractivity contribution in [2.24, 2.45) is 0 Å². The molecule has 0 saturated carbocycles. The first kappa shape index (κ1) is 13.3. The van der Waals surface area contributed by atoms with Gasteiger partial charge in [0.2, 0.25) is 0 Å². The summed E-state index contributed by atoms with van der Waals surface area (Å²) in [4.78, 5) is 5.15. The summed E-state index contributed by atoms with van der Waals surface area (Å²) in [5.41, 5.74) is 0. The Kier molecular flexibility index (Phi) is 5.22. The number of piperidine rings is 1. The van der Waals surface area contributed by atoms with Crippen LogP contribution < -0.4 is 0 Å². The van der Waals surface area contributed by atoms with E-state index < -0.39 is 0 Å². The predicted molar refractivity (Wildman–Crippen MR) is 68.1 cm³/mol. The van der Waals surface area contributed by atoms with Gasteiger partial charge in [-0.15, -0.1) is 0 Å². The fourth-order valence-electron chi connectivity index (χ4n) is 3.02. The summed E-state index contributed by atoms with van der Waals surface area (Å²) >= 11 is 0. The number of hydrogen-bond acceptors (Lipinski definition) is 4. The molecule has 0 spiro atoms. The summed E-state index contributed by atoms with van der Waals surface area (Å²) in [6.45, 7) is 5.87. The molecule has 0 N–H and O–H groups in total. The van der Waals surface area contributed by atoms with Crippen molar-refractivity contribution in [2.75, 3.05) is 46.9 Å². The van der Waals surface area contributed by atoms with Gasteiger partial charge in [-0.3, -0.25) is 9.80 Å². The summed E-state index contributed by atoms with van der Waals surface area (Å²) in [5, 5.41) is 0. The van der Waals surface area contributed by atoms with Gasteiger partial charge < -0.3 is 9.47 Å². The predicted octanol–water partition coefficient (Wildman–Crippen LogP) is 1.17. The number of rotatable bonds is 5. The van der Waals surface area contributed by atoms with E-state index in [0.717, 1.165) is 12.6 Å². The van der Waals surface area contributed by atoms with Crippen LogP contribution in [0, 0.1) is 0 Å². The van der Waals surface area contributed by atoms with Gasteiger partial charge in [0.25, 0.3) is 0 Å². The normalized spacial score (nSPS) is 28.1. The number of ether oxygens (including phenoxy) is 2. The molecule has 1 unspecified atom stereocenters. The number of likely N-dealkylation sites (tertiary alicyclic amines) is 2. The molecule has 100 valence electrons. The van der Waals surface area contributed by atoms with Gasteiger partial charge in [-0.25, -0.2) is 0 Å². The molecule has 2 heterocycles. The quantitative estimate of drug-likeness (QED) is 0.676. The lowest BCUT2D eigenvalue weighted by molar-refractivity contribution is -0.114. The van der Waals surface area contributed by atoms with Crippen LogP contribution in [0.25, 0.3) is 0 Å². The van der Waals surface area contributed by atoms with E-state index >= 15 is 0 Å². The summed E-state index contributed by atoms with van der Waals surface area (Å²) in [5.74, 6) is 0. The highest BCUT2D eigenvalue weighted by atomic mass is 16.7. The Morgan fingerprint density at radius 3 is 2.41 bits per heavy atom. The molecule has 2 aliphatic rings. The Hall–Kier alpha value is -0.160. The molecule has 0 aromatic heterocycles. The minimum Gasteiger partial charge on any atom is -0.355 e. The fourth-order valence-corrected chi connectivity index (χ4v) is 3.02. The molecule has 0 aromatic rings. The molecular formula is C13H26N2O2. The van der Waals surface area contributed by atoms with Gasteiger partial charge in [0.15, 0.2) is 6.29 Å². The van der Waals surface area contributed by atoms with Crippen LogP contribution in [0.3, 0.4) is 0 Å². The highest BCUT2D eigenvalue weighted by Gasteiger charge is 2.29. The second-order valence-corrected chi connectivity index (χ2v) is 5.20. The van der Waals surface area contributed by atoms with Crippen LogP contribution in [0.5, 0.6) is 0 Å². The molecule has 4 nitrogen and oxygen atoms in total. The van der Waals surface area contributed by atoms with Crippen LogP contribution >= 0.6 is 0 Å². The van der Waals surface area contributed by atoms with Crippen LogP contribution in [0.4, 0.5) is 0 Å². The zero-order chi connectivity index (χ0) is 12.1. The molecule has 4 heteroatoms. The molecule has 0 amide bonds. The smallest absolute Gasteiger partial charge is 0.169 e. The standard InChI is InChI=1S/C13H26N2O2/c1-16-13(17-2)11-14-9-6-12(10-14)15-7-4-3-5-8-15/h12-13H,3-11H2,1-2H3. The van der Waals surface area contributed by atoms with E-state index in [4.69, 9.17) is 9.47 Å². The maximum atomic E-state index is 5.26. The lowest BCUT2D eigenvalue weighted by atomic mass is 10.1. The molecule has 0 bridgehead atoms. The summed E-state index contributed by atoms with van der Waals surface area (Å²) in [7, 11) is 3.43. The van der Waals surface area contributed by atoms with Crippen molar-refractivity contribution in [1.29, 1.82) is 0 Å². The average Bonchev–Trinajstić information content (AvgIpc) is 2.85. The molecular weight excluding hydrogens is 216 g/mol. The Balaban J connectivity index is 1.74. The summed E-state index contributed by atoms with van der Waals surface area (Å²) in [6, 6.07) is 0.768. The van der Waals surface area contributed by atoms with Crippen molar-refractivity contribution in [3.8, 4) is 0 Å². The zero-order valence-electron chi connectivity index (χ0n) is 11.2. The van der Waals surface area contributed by atoms with Gasteiger partial charge in [0.05, 0.1) is 0 Å². The average molecular weight is 242 g/mol. The Morgan fingerprint density at radius 2 is 1.76 bits per heavy atom. The highest BCUT2D eigenvalue weighted by molar-refractivity contribution is 4.85. The van der Waals surface area contributed by atoms with Crippen LogP contribution in [-0.2, 0) is 9.47 Å². The van der Waals surface area contributed by atoms with Crippen LogP contribution in [0.15, 0.2) is 0 Å². The first-order valence-corrected chi connectivity index (χ1v) is 6.85. The first-order chi connectivity index (χ1) is 8.33. The molecule has 2 aliphatic heterocycles. The van der Waals surface area contributed by atoms with Crippen molar-refractivity contribution in [1.82, 2.24) is 9.80 Å². The third-order valence-electron chi connectivity index (χ3n) is 4.09. The zero-order valence-corrected chi connectivity index (χ0v) is 11.2. The van der Waals surface area contributed by atoms with E-state index in [2.05, 4.69) is 9.80 Å². The van der Waals surface area contributed by atoms with E-state index in [9.17, 15) is 0 Å². The molecule has 17 heavy (non-hydrogen) atoms. The molecule has 2 rings (SSSR count). The monoisotopic (exact) mass is 242 g/mol. The van der Waals surface area contributed by atoms with Gasteiger partial charge in [-0.1, -0.05) is 6.42 Å². The highest BCUT2D eigenvalue weighted by Crippen LogP contribution is 2.20. The Labute approximate surface area is 105 Å². The third-order valence-corrected chi connectivity index (χ3v) is 4.09. The van der Waals surface area contributed by atoms with Gasteiger partial charge in [0.1, 0.15) is 0 Å². The van der Waals surface area contributed by atoms with E-state index in [0.29, 0.717) is 0 Å². The third kappa shape index (κ3) is 3.65. The second kappa shape index (κ2) is 6.69. The van der Waals surface area contributed by atoms with E-state index in [1.54, 1.807) is 14.2 Å². The minimum absolute atomic E-state index is 0.0740. The molecule has 0 radical (unpaired) electrons. The van der Waals surface area contributed by atoms with Gasteiger partial charge >= 0.3 is 0 Å². The fraction of sp³-hybridized carbons (Fsp3) is 1.00. The molecule has 2 saturated heterocycles. The Bertz CT molecular complexity index is 215. The molecule has 0 aliphatic carbocycles. The summed E-state index contributed by atoms with van der Waals surface area (Å²) in [6.07, 6.45) is 5.42. The number of nitrogens with zero attached hydrogens (tertiary/aromatic N) is 2. The second-order valence-electron chi connectivity index (χ2n) is 5.20. The van der Waals surface area contributed by atoms with Crippen molar-refractivity contribution in [3.63, 3.8) is 0 Å². The van der Waals surface area contributed by atoms with Crippen molar-refractivity contribution in [2.45, 2.75) is 38.0 Å². The maximum absolute atomic E-state index is 5.26. The van der Waals surface area contributed by atoms with Gasteiger partial charge in [0, 0.05) is 33.4 Å². The minimum atomic E-state index is -0.0740. The molecule has 1 atom stereocenters. The lowest BCUT2D eigenvalue weighted by Crippen LogP contribution is -2.42. The first-order valence-electron chi connectivity index (χ1n) is 6.85. The SMILES string of the molecule is COC(CN1CCC(N2CCCCC2)C1)OC. The van der Waals surface area contributed by atoms with E-state index in [-0.39, 0.29) is 6.29 Å². The van der Waals surface area contributed by atoms with Crippen molar-refractivity contribution in [3.05, 3.63) is 0 Å². The molecule has 0 aromatic carbocycles. The van der Waals surface area contributed by atoms with Crippen molar-refractivity contribution >= 4 is 0 Å². The van der Waals surface area contributed by atoms with E-state index in [1.165, 1.54) is 51.9 Å². The number of hydrogen-bond donors (Lipinski definition) is 0. The largest absolute Gasteiger partial charge is 0.355 e. The maximum Gasteiger partial charge on any atom is 0.169 e. The topological polar surface area (TPSA) is 24.9 Å². The van der Waals surface area contributed by atoms with E-state index in [1.807, 2.05) is 0 Å². The molecule has 2 fully saturated rings. The van der Waals surface area contributed by atoms with Gasteiger partial charge in [-0.2, -0.15) is 0 Å². The van der Waals surface area contributed by atoms with Crippen LogP contribution in [0.2, 0.25) is 0 Å². The Morgan fingerprint density at radius 1 is 1.06 bits per heavy atom. The van der Waals surface area contributed by atoms with Crippen molar-refractivity contribution < 1.29 is 9.47 Å². The van der Waals surface area contributed by atoms with Crippen LogP contribution in [0.1, 0.15) is 25.7 Å². The van der Waals surface area contributed by atoms with Gasteiger partial charge in [-0.05, 0) is 38.9 Å². The lowest BCUT2D eigenvalue weighted by Gasteiger charge is -2.32. The van der Waals surface area contributed by atoms with Crippen LogP contribution in [-0.4, -0.2) is 69.1 Å². The number of methoxy groups -OCH3 is 2. The summed E-state index contributed by atoms with van der Waals surface area (Å²) < 4.78 is 10.5.